The fourth-order valence-electron chi connectivity index (χ4n) is 2.93. The molecule has 1 saturated heterocycles. The highest BCUT2D eigenvalue weighted by molar-refractivity contribution is 5.76. The molecular formula is C13H15N3O. The highest BCUT2D eigenvalue weighted by Gasteiger charge is 2.49. The van der Waals surface area contributed by atoms with Gasteiger partial charge in [-0.2, -0.15) is 0 Å². The van der Waals surface area contributed by atoms with Crippen molar-refractivity contribution in [2.45, 2.75) is 12.5 Å². The summed E-state index contributed by atoms with van der Waals surface area (Å²) in [6, 6.07) is 6.39. The standard InChI is InChI=1S/C13H15N3O/c1-17-8-2-3-10-11(5-8)16-13(15-10)12-9-4-7(9)6-14-12/h2-3,5,7,9,12,14H,4,6H2,1H3,(H,15,16)/t7-,9?,12-/m0/s1. The number of rotatable bonds is 2. The Hall–Kier alpha value is -1.55. The average Bonchev–Trinajstić information content (AvgIpc) is 2.85. The van der Waals surface area contributed by atoms with Crippen molar-refractivity contribution in [3.8, 4) is 5.75 Å². The van der Waals surface area contributed by atoms with Gasteiger partial charge in [0.05, 0.1) is 24.2 Å². The van der Waals surface area contributed by atoms with Crippen LogP contribution in [-0.2, 0) is 0 Å². The number of methoxy groups -OCH3 is 1. The van der Waals surface area contributed by atoms with Crippen molar-refractivity contribution < 1.29 is 4.74 Å². The van der Waals surface area contributed by atoms with Crippen molar-refractivity contribution in [1.29, 1.82) is 0 Å². The van der Waals surface area contributed by atoms with E-state index in [1.54, 1.807) is 7.11 Å². The molecule has 4 heteroatoms. The van der Waals surface area contributed by atoms with Gasteiger partial charge in [0.15, 0.2) is 0 Å². The summed E-state index contributed by atoms with van der Waals surface area (Å²) in [6.07, 6.45) is 1.36. The first-order valence-corrected chi connectivity index (χ1v) is 6.12. The molecule has 17 heavy (non-hydrogen) atoms. The normalized spacial score (nSPS) is 30.5. The minimum Gasteiger partial charge on any atom is -0.497 e. The molecule has 2 aromatic rings. The zero-order valence-corrected chi connectivity index (χ0v) is 9.73. The largest absolute Gasteiger partial charge is 0.497 e. The molecule has 2 heterocycles. The maximum atomic E-state index is 5.22. The zero-order valence-electron chi connectivity index (χ0n) is 9.73. The Labute approximate surface area is 99.4 Å². The van der Waals surface area contributed by atoms with Crippen molar-refractivity contribution in [1.82, 2.24) is 15.3 Å². The smallest absolute Gasteiger partial charge is 0.124 e. The fraction of sp³-hybridized carbons (Fsp3) is 0.462. The van der Waals surface area contributed by atoms with Gasteiger partial charge in [0.1, 0.15) is 11.6 Å². The van der Waals surface area contributed by atoms with Crippen molar-refractivity contribution in [3.05, 3.63) is 24.0 Å². The molecule has 1 aliphatic heterocycles. The molecule has 1 aromatic heterocycles. The van der Waals surface area contributed by atoms with Crippen LogP contribution in [0.5, 0.6) is 5.75 Å². The summed E-state index contributed by atoms with van der Waals surface area (Å²) in [7, 11) is 1.69. The van der Waals surface area contributed by atoms with E-state index in [0.29, 0.717) is 6.04 Å². The first-order valence-electron chi connectivity index (χ1n) is 6.12. The predicted molar refractivity (Wildman–Crippen MR) is 65.0 cm³/mol. The molecule has 0 amide bonds. The zero-order chi connectivity index (χ0) is 11.4. The third kappa shape index (κ3) is 1.37. The van der Waals surface area contributed by atoms with E-state index in [4.69, 9.17) is 4.74 Å². The average molecular weight is 229 g/mol. The summed E-state index contributed by atoms with van der Waals surface area (Å²) in [5.41, 5.74) is 2.08. The van der Waals surface area contributed by atoms with Gasteiger partial charge in [-0.25, -0.2) is 4.98 Å². The molecule has 2 fully saturated rings. The number of ether oxygens (including phenoxy) is 1. The molecule has 4 nitrogen and oxygen atoms in total. The van der Waals surface area contributed by atoms with Crippen molar-refractivity contribution in [2.75, 3.05) is 13.7 Å². The van der Waals surface area contributed by atoms with Crippen LogP contribution in [-0.4, -0.2) is 23.6 Å². The Morgan fingerprint density at radius 1 is 1.41 bits per heavy atom. The Morgan fingerprint density at radius 3 is 3.06 bits per heavy atom. The quantitative estimate of drug-likeness (QED) is 0.826. The summed E-state index contributed by atoms with van der Waals surface area (Å²) >= 11 is 0. The van der Waals surface area contributed by atoms with Crippen LogP contribution in [0.25, 0.3) is 11.0 Å². The van der Waals surface area contributed by atoms with Crippen LogP contribution < -0.4 is 10.1 Å². The second-order valence-electron chi connectivity index (χ2n) is 5.05. The summed E-state index contributed by atoms with van der Waals surface area (Å²) in [5, 5.41) is 3.54. The second kappa shape index (κ2) is 3.23. The van der Waals surface area contributed by atoms with E-state index < -0.39 is 0 Å². The number of nitrogens with zero attached hydrogens (tertiary/aromatic N) is 1. The topological polar surface area (TPSA) is 49.9 Å². The minimum atomic E-state index is 0.429. The van der Waals surface area contributed by atoms with Gasteiger partial charge in [0, 0.05) is 6.07 Å². The summed E-state index contributed by atoms with van der Waals surface area (Å²) in [4.78, 5) is 8.09. The number of nitrogens with one attached hydrogen (secondary N) is 2. The van der Waals surface area contributed by atoms with E-state index in [9.17, 15) is 0 Å². The number of piperidine rings is 1. The molecule has 0 bridgehead atoms. The van der Waals surface area contributed by atoms with Crippen molar-refractivity contribution in [2.24, 2.45) is 11.8 Å². The van der Waals surface area contributed by atoms with Crippen LogP contribution in [0.3, 0.4) is 0 Å². The maximum Gasteiger partial charge on any atom is 0.124 e. The van der Waals surface area contributed by atoms with Gasteiger partial charge in [-0.15, -0.1) is 0 Å². The van der Waals surface area contributed by atoms with Gasteiger partial charge >= 0.3 is 0 Å². The van der Waals surface area contributed by atoms with E-state index in [0.717, 1.165) is 41.0 Å². The molecule has 1 saturated carbocycles. The van der Waals surface area contributed by atoms with Gasteiger partial charge in [0.2, 0.25) is 0 Å². The van der Waals surface area contributed by atoms with Gasteiger partial charge in [-0.05, 0) is 36.9 Å². The lowest BCUT2D eigenvalue weighted by atomic mass is 10.2. The molecule has 1 unspecified atom stereocenters. The van der Waals surface area contributed by atoms with Crippen LogP contribution in [0, 0.1) is 11.8 Å². The molecule has 3 atom stereocenters. The van der Waals surface area contributed by atoms with Crippen LogP contribution in [0.4, 0.5) is 0 Å². The highest BCUT2D eigenvalue weighted by Crippen LogP contribution is 2.51. The lowest BCUT2D eigenvalue weighted by Crippen LogP contribution is -2.19. The predicted octanol–water partition coefficient (Wildman–Crippen LogP) is 1.85. The van der Waals surface area contributed by atoms with E-state index in [2.05, 4.69) is 15.3 Å². The minimum absolute atomic E-state index is 0.429. The number of benzene rings is 1. The Balaban J connectivity index is 1.76. The van der Waals surface area contributed by atoms with Gasteiger partial charge in [0.25, 0.3) is 0 Å². The van der Waals surface area contributed by atoms with E-state index in [1.807, 2.05) is 18.2 Å². The number of aromatic nitrogens is 2. The van der Waals surface area contributed by atoms with Crippen molar-refractivity contribution in [3.63, 3.8) is 0 Å². The van der Waals surface area contributed by atoms with E-state index in [1.165, 1.54) is 6.42 Å². The Bertz CT molecular complexity index is 577. The number of hydrogen-bond donors (Lipinski definition) is 2. The first-order chi connectivity index (χ1) is 8.35. The number of hydrogen-bond acceptors (Lipinski definition) is 3. The fourth-order valence-corrected chi connectivity index (χ4v) is 2.93. The highest BCUT2D eigenvalue weighted by atomic mass is 16.5. The molecule has 0 radical (unpaired) electrons. The third-order valence-electron chi connectivity index (χ3n) is 4.01. The maximum absolute atomic E-state index is 5.22. The van der Waals surface area contributed by atoms with Gasteiger partial charge in [-0.3, -0.25) is 0 Å². The monoisotopic (exact) mass is 229 g/mol. The van der Waals surface area contributed by atoms with Crippen molar-refractivity contribution >= 4 is 11.0 Å². The Kier molecular flexibility index (Phi) is 1.80. The third-order valence-corrected chi connectivity index (χ3v) is 4.01. The number of imidazole rings is 1. The molecule has 2 aliphatic rings. The SMILES string of the molecule is COc1ccc2nc([C@H]3NC[C@@H]4CC43)[nH]c2c1. The van der Waals surface area contributed by atoms with Crippen LogP contribution in [0.1, 0.15) is 18.3 Å². The van der Waals surface area contributed by atoms with Crippen LogP contribution >= 0.6 is 0 Å². The first kappa shape index (κ1) is 9.48. The molecule has 88 valence electrons. The lowest BCUT2D eigenvalue weighted by molar-refractivity contribution is 0.415. The van der Waals surface area contributed by atoms with E-state index >= 15 is 0 Å². The molecule has 1 aliphatic carbocycles. The summed E-state index contributed by atoms with van der Waals surface area (Å²) in [6.45, 7) is 1.15. The number of fused-ring (bicyclic) bond motifs is 2. The second-order valence-corrected chi connectivity index (χ2v) is 5.05. The molecule has 2 N–H and O–H groups in total. The molecular weight excluding hydrogens is 214 g/mol. The molecule has 0 spiro atoms. The lowest BCUT2D eigenvalue weighted by Gasteiger charge is -2.08. The van der Waals surface area contributed by atoms with Crippen LogP contribution in [0.15, 0.2) is 18.2 Å². The van der Waals surface area contributed by atoms with Gasteiger partial charge < -0.3 is 15.0 Å². The number of aromatic amines is 1. The number of H-pyrrole nitrogens is 1. The van der Waals surface area contributed by atoms with Gasteiger partial charge in [-0.1, -0.05) is 0 Å². The van der Waals surface area contributed by atoms with E-state index in [-0.39, 0.29) is 0 Å². The molecule has 1 aromatic carbocycles. The molecule has 4 rings (SSSR count). The van der Waals surface area contributed by atoms with Crippen LogP contribution in [0.2, 0.25) is 0 Å². The summed E-state index contributed by atoms with van der Waals surface area (Å²) < 4.78 is 5.22. The summed E-state index contributed by atoms with van der Waals surface area (Å²) in [5.74, 6) is 3.65. The Morgan fingerprint density at radius 2 is 2.35 bits per heavy atom.